The second-order valence-corrected chi connectivity index (χ2v) is 4.34. The molecule has 19 heavy (non-hydrogen) atoms. The Morgan fingerprint density at radius 2 is 2.00 bits per heavy atom. The van der Waals surface area contributed by atoms with Crippen molar-refractivity contribution in [2.24, 2.45) is 0 Å². The number of rotatable bonds is 4. The van der Waals surface area contributed by atoms with Crippen molar-refractivity contribution in [1.29, 1.82) is 0 Å². The number of aromatic nitrogens is 3. The first-order valence-corrected chi connectivity index (χ1v) is 6.23. The van der Waals surface area contributed by atoms with Crippen LogP contribution in [-0.2, 0) is 0 Å². The molecule has 0 saturated heterocycles. The van der Waals surface area contributed by atoms with Crippen molar-refractivity contribution < 1.29 is 4.79 Å². The Balaban J connectivity index is 2.13. The van der Waals surface area contributed by atoms with E-state index in [1.807, 2.05) is 13.8 Å². The van der Waals surface area contributed by atoms with E-state index in [1.165, 1.54) is 6.33 Å². The third kappa shape index (κ3) is 3.34. The van der Waals surface area contributed by atoms with E-state index >= 15 is 0 Å². The lowest BCUT2D eigenvalue weighted by molar-refractivity contribution is 0.0939. The number of amides is 1. The SMILES string of the molecule is CCC(C)NC(=O)c1ccc(-c2cncnc2)nc1. The van der Waals surface area contributed by atoms with Crippen LogP contribution in [0.4, 0.5) is 0 Å². The van der Waals surface area contributed by atoms with Crippen LogP contribution in [0.2, 0.25) is 0 Å². The Morgan fingerprint density at radius 1 is 1.26 bits per heavy atom. The van der Waals surface area contributed by atoms with Gasteiger partial charge in [-0.3, -0.25) is 9.78 Å². The molecular formula is C14H16N4O. The zero-order valence-corrected chi connectivity index (χ0v) is 11.0. The molecular weight excluding hydrogens is 240 g/mol. The van der Waals surface area contributed by atoms with E-state index in [-0.39, 0.29) is 11.9 Å². The third-order valence-corrected chi connectivity index (χ3v) is 2.87. The number of pyridine rings is 1. The second-order valence-electron chi connectivity index (χ2n) is 4.34. The number of hydrogen-bond acceptors (Lipinski definition) is 4. The minimum atomic E-state index is -0.0993. The molecule has 0 aromatic carbocycles. The van der Waals surface area contributed by atoms with Gasteiger partial charge in [-0.15, -0.1) is 0 Å². The Labute approximate surface area is 112 Å². The van der Waals surface area contributed by atoms with E-state index in [0.717, 1.165) is 17.7 Å². The number of nitrogens with zero attached hydrogens (tertiary/aromatic N) is 3. The molecule has 2 heterocycles. The molecule has 2 aromatic heterocycles. The Kier molecular flexibility index (Phi) is 4.18. The van der Waals surface area contributed by atoms with E-state index in [9.17, 15) is 4.79 Å². The van der Waals surface area contributed by atoms with E-state index < -0.39 is 0 Å². The highest BCUT2D eigenvalue weighted by Crippen LogP contribution is 2.14. The first-order chi connectivity index (χ1) is 9.20. The molecule has 2 aromatic rings. The second kappa shape index (κ2) is 6.04. The van der Waals surface area contributed by atoms with E-state index in [2.05, 4.69) is 20.3 Å². The van der Waals surface area contributed by atoms with Gasteiger partial charge in [0.25, 0.3) is 5.91 Å². The molecule has 0 radical (unpaired) electrons. The van der Waals surface area contributed by atoms with Gasteiger partial charge in [0.1, 0.15) is 6.33 Å². The zero-order chi connectivity index (χ0) is 13.7. The van der Waals surface area contributed by atoms with Gasteiger partial charge >= 0.3 is 0 Å². The van der Waals surface area contributed by atoms with Crippen LogP contribution in [0.5, 0.6) is 0 Å². The van der Waals surface area contributed by atoms with Crippen molar-refractivity contribution in [3.63, 3.8) is 0 Å². The monoisotopic (exact) mass is 256 g/mol. The van der Waals surface area contributed by atoms with Gasteiger partial charge in [0.2, 0.25) is 0 Å². The quantitative estimate of drug-likeness (QED) is 0.909. The summed E-state index contributed by atoms with van der Waals surface area (Å²) in [4.78, 5) is 24.0. The van der Waals surface area contributed by atoms with Gasteiger partial charge in [-0.1, -0.05) is 6.92 Å². The normalized spacial score (nSPS) is 11.9. The predicted octanol–water partition coefficient (Wildman–Crippen LogP) is 2.07. The Bertz CT molecular complexity index is 539. The molecule has 5 nitrogen and oxygen atoms in total. The first kappa shape index (κ1) is 13.1. The molecule has 0 bridgehead atoms. The van der Waals surface area contributed by atoms with Gasteiger partial charge < -0.3 is 5.32 Å². The van der Waals surface area contributed by atoms with Crippen LogP contribution in [0.1, 0.15) is 30.6 Å². The summed E-state index contributed by atoms with van der Waals surface area (Å²) in [5.41, 5.74) is 2.14. The molecule has 1 amide bonds. The minimum absolute atomic E-state index is 0.0993. The van der Waals surface area contributed by atoms with E-state index in [0.29, 0.717) is 5.56 Å². The minimum Gasteiger partial charge on any atom is -0.350 e. The van der Waals surface area contributed by atoms with Gasteiger partial charge in [-0.05, 0) is 25.5 Å². The summed E-state index contributed by atoms with van der Waals surface area (Å²) in [6.45, 7) is 4.00. The lowest BCUT2D eigenvalue weighted by Gasteiger charge is -2.11. The van der Waals surface area contributed by atoms with Crippen LogP contribution in [0.25, 0.3) is 11.3 Å². The van der Waals surface area contributed by atoms with Crippen LogP contribution in [0, 0.1) is 0 Å². The molecule has 1 unspecified atom stereocenters. The van der Waals surface area contributed by atoms with Gasteiger partial charge in [0.15, 0.2) is 0 Å². The molecule has 98 valence electrons. The van der Waals surface area contributed by atoms with Crippen molar-refractivity contribution in [3.8, 4) is 11.3 Å². The molecule has 0 aliphatic carbocycles. The molecule has 0 aliphatic heterocycles. The summed E-state index contributed by atoms with van der Waals surface area (Å²) < 4.78 is 0. The number of carbonyl (C=O) groups excluding carboxylic acids is 1. The molecule has 1 atom stereocenters. The fraction of sp³-hybridized carbons (Fsp3) is 0.286. The maximum Gasteiger partial charge on any atom is 0.253 e. The molecule has 0 aliphatic rings. The average molecular weight is 256 g/mol. The van der Waals surface area contributed by atoms with Gasteiger partial charge in [-0.25, -0.2) is 9.97 Å². The number of carbonyl (C=O) groups is 1. The summed E-state index contributed by atoms with van der Waals surface area (Å²) in [5, 5.41) is 2.90. The average Bonchev–Trinajstić information content (AvgIpc) is 2.48. The van der Waals surface area contributed by atoms with Gasteiger partial charge in [0.05, 0.1) is 11.3 Å². The number of hydrogen-bond donors (Lipinski definition) is 1. The van der Waals surface area contributed by atoms with Crippen molar-refractivity contribution in [3.05, 3.63) is 42.6 Å². The Morgan fingerprint density at radius 3 is 2.58 bits per heavy atom. The third-order valence-electron chi connectivity index (χ3n) is 2.87. The summed E-state index contributed by atoms with van der Waals surface area (Å²) in [6.07, 6.45) is 7.32. The number of nitrogens with one attached hydrogen (secondary N) is 1. The summed E-state index contributed by atoms with van der Waals surface area (Å²) in [7, 11) is 0. The topological polar surface area (TPSA) is 67.8 Å². The van der Waals surface area contributed by atoms with Crippen LogP contribution in [0.3, 0.4) is 0 Å². The van der Waals surface area contributed by atoms with Crippen molar-refractivity contribution in [1.82, 2.24) is 20.3 Å². The van der Waals surface area contributed by atoms with Crippen LogP contribution < -0.4 is 5.32 Å². The van der Waals surface area contributed by atoms with Crippen molar-refractivity contribution in [2.75, 3.05) is 0 Å². The smallest absolute Gasteiger partial charge is 0.253 e. The fourth-order valence-electron chi connectivity index (χ4n) is 1.54. The highest BCUT2D eigenvalue weighted by Gasteiger charge is 2.09. The summed E-state index contributed by atoms with van der Waals surface area (Å²) in [5.74, 6) is -0.0993. The maximum absolute atomic E-state index is 11.9. The lowest BCUT2D eigenvalue weighted by Crippen LogP contribution is -2.31. The highest BCUT2D eigenvalue weighted by molar-refractivity contribution is 5.94. The molecule has 0 fully saturated rings. The van der Waals surface area contributed by atoms with Crippen LogP contribution >= 0.6 is 0 Å². The van der Waals surface area contributed by atoms with Crippen molar-refractivity contribution >= 4 is 5.91 Å². The predicted molar refractivity (Wildman–Crippen MR) is 72.5 cm³/mol. The highest BCUT2D eigenvalue weighted by atomic mass is 16.1. The summed E-state index contributed by atoms with van der Waals surface area (Å²) in [6, 6.07) is 3.71. The maximum atomic E-state index is 11.9. The van der Waals surface area contributed by atoms with E-state index in [4.69, 9.17) is 0 Å². The van der Waals surface area contributed by atoms with Crippen molar-refractivity contribution in [2.45, 2.75) is 26.3 Å². The first-order valence-electron chi connectivity index (χ1n) is 6.23. The zero-order valence-electron chi connectivity index (χ0n) is 11.0. The van der Waals surface area contributed by atoms with E-state index in [1.54, 1.807) is 30.7 Å². The van der Waals surface area contributed by atoms with Gasteiger partial charge in [0, 0.05) is 30.2 Å². The van der Waals surface area contributed by atoms with Gasteiger partial charge in [-0.2, -0.15) is 0 Å². The summed E-state index contributed by atoms with van der Waals surface area (Å²) >= 11 is 0. The lowest BCUT2D eigenvalue weighted by atomic mass is 10.1. The molecule has 1 N–H and O–H groups in total. The standard InChI is InChI=1S/C14H16N4O/c1-3-10(2)18-14(19)11-4-5-13(17-8-11)12-6-15-9-16-7-12/h4-10H,3H2,1-2H3,(H,18,19). The fourth-order valence-corrected chi connectivity index (χ4v) is 1.54. The molecule has 0 spiro atoms. The molecule has 0 saturated carbocycles. The largest absolute Gasteiger partial charge is 0.350 e. The van der Waals surface area contributed by atoms with Crippen LogP contribution in [0.15, 0.2) is 37.1 Å². The Hall–Kier alpha value is -2.30. The van der Waals surface area contributed by atoms with Crippen LogP contribution in [-0.4, -0.2) is 26.9 Å². The molecule has 5 heteroatoms. The molecule has 2 rings (SSSR count).